The number of anilines is 1. The molecule has 4 aromatic rings. The number of hydrogen-bond donors (Lipinski definition) is 3. The van der Waals surface area contributed by atoms with Crippen molar-refractivity contribution < 1.29 is 24.6 Å². The lowest BCUT2D eigenvalue weighted by Gasteiger charge is -2.35. The van der Waals surface area contributed by atoms with Crippen LogP contribution in [0.2, 0.25) is 0 Å². The number of pyridine rings is 2. The first kappa shape index (κ1) is 29.0. The standard InChI is InChI=1S/C29H29BrN8O5/c1-14-5-6-22(30)34-26(14)35-27(42)29(43)12-28(13-39)8-21(28)38(29)23(41)11-37-25-15(2)33-20(18-9-31-17(4)32-10-18)7-19(25)24(36-37)16(3)40/h5-7,9-10,21,39,43H,8,11-13H2,1-4H3,(H,34,35,42)/t21-,28-,29-/m1/s1. The van der Waals surface area contributed by atoms with E-state index in [9.17, 15) is 24.6 Å². The number of amides is 2. The van der Waals surface area contributed by atoms with E-state index in [-0.39, 0.29) is 36.9 Å². The lowest BCUT2D eigenvalue weighted by atomic mass is 9.97. The molecule has 5 heterocycles. The minimum absolute atomic E-state index is 0.132. The van der Waals surface area contributed by atoms with Gasteiger partial charge in [0, 0.05) is 48.1 Å². The Hall–Kier alpha value is -4.14. The van der Waals surface area contributed by atoms with Gasteiger partial charge in [-0.3, -0.25) is 24.0 Å². The van der Waals surface area contributed by atoms with Gasteiger partial charge < -0.3 is 20.4 Å². The van der Waals surface area contributed by atoms with E-state index in [0.29, 0.717) is 50.3 Å². The van der Waals surface area contributed by atoms with E-state index in [0.717, 1.165) is 4.90 Å². The summed E-state index contributed by atoms with van der Waals surface area (Å²) in [5, 5.41) is 29.5. The number of hydrogen-bond acceptors (Lipinski definition) is 10. The Labute approximate surface area is 254 Å². The van der Waals surface area contributed by atoms with E-state index < -0.39 is 29.0 Å². The lowest BCUT2D eigenvalue weighted by molar-refractivity contribution is -0.169. The molecule has 222 valence electrons. The van der Waals surface area contributed by atoms with Crippen molar-refractivity contribution in [1.82, 2.24) is 34.6 Å². The Morgan fingerprint density at radius 3 is 2.53 bits per heavy atom. The van der Waals surface area contributed by atoms with Gasteiger partial charge in [-0.2, -0.15) is 5.10 Å². The fourth-order valence-electron chi connectivity index (χ4n) is 6.00. The number of rotatable bonds is 7. The number of halogens is 1. The van der Waals surface area contributed by atoms with Gasteiger partial charge in [-0.15, -0.1) is 0 Å². The van der Waals surface area contributed by atoms with Crippen LogP contribution in [0, 0.1) is 26.2 Å². The van der Waals surface area contributed by atoms with Gasteiger partial charge in [0.25, 0.3) is 5.91 Å². The van der Waals surface area contributed by atoms with Crippen LogP contribution in [-0.2, 0) is 16.1 Å². The fraction of sp³-hybridized carbons (Fsp3) is 0.379. The van der Waals surface area contributed by atoms with Crippen LogP contribution < -0.4 is 5.32 Å². The second-order valence-electron chi connectivity index (χ2n) is 11.3. The van der Waals surface area contributed by atoms with E-state index in [1.807, 2.05) is 0 Å². The molecule has 13 nitrogen and oxygen atoms in total. The molecule has 43 heavy (non-hydrogen) atoms. The molecule has 3 N–H and O–H groups in total. The number of nitrogens with zero attached hydrogens (tertiary/aromatic N) is 7. The van der Waals surface area contributed by atoms with Crippen molar-refractivity contribution in [2.45, 2.75) is 58.8 Å². The summed E-state index contributed by atoms with van der Waals surface area (Å²) in [5.74, 6) is -0.879. The van der Waals surface area contributed by atoms with Crippen molar-refractivity contribution in [2.75, 3.05) is 11.9 Å². The van der Waals surface area contributed by atoms with E-state index in [4.69, 9.17) is 0 Å². The molecule has 1 saturated carbocycles. The highest BCUT2D eigenvalue weighted by Crippen LogP contribution is 2.62. The molecule has 2 aliphatic rings. The van der Waals surface area contributed by atoms with Crippen molar-refractivity contribution in [3.63, 3.8) is 0 Å². The highest BCUT2D eigenvalue weighted by atomic mass is 79.9. The van der Waals surface area contributed by atoms with Crippen LogP contribution in [0.1, 0.15) is 47.3 Å². The number of piperidine rings is 1. The zero-order valence-electron chi connectivity index (χ0n) is 23.9. The van der Waals surface area contributed by atoms with Crippen molar-refractivity contribution in [1.29, 1.82) is 0 Å². The number of aliphatic hydroxyl groups excluding tert-OH is 1. The first-order valence-corrected chi connectivity index (χ1v) is 14.4. The second-order valence-corrected chi connectivity index (χ2v) is 12.1. The number of ketones is 1. The predicted octanol–water partition coefficient (Wildman–Crippen LogP) is 2.48. The Bertz CT molecular complexity index is 1830. The number of carbonyl (C=O) groups excluding carboxylic acids is 3. The zero-order chi connectivity index (χ0) is 30.8. The van der Waals surface area contributed by atoms with Crippen LogP contribution in [0.15, 0.2) is 35.2 Å². The molecule has 0 aromatic carbocycles. The number of fused-ring (bicyclic) bond motifs is 2. The minimum atomic E-state index is -2.24. The zero-order valence-corrected chi connectivity index (χ0v) is 25.5. The summed E-state index contributed by atoms with van der Waals surface area (Å²) in [6.07, 6.45) is 3.60. The molecule has 0 radical (unpaired) electrons. The average molecular weight is 650 g/mol. The molecule has 1 aliphatic carbocycles. The van der Waals surface area contributed by atoms with Crippen molar-refractivity contribution >= 4 is 50.2 Å². The summed E-state index contributed by atoms with van der Waals surface area (Å²) in [7, 11) is 0. The Morgan fingerprint density at radius 1 is 1.14 bits per heavy atom. The van der Waals surface area contributed by atoms with Gasteiger partial charge >= 0.3 is 0 Å². The minimum Gasteiger partial charge on any atom is -0.396 e. The van der Waals surface area contributed by atoms with Crippen LogP contribution in [0.4, 0.5) is 5.82 Å². The highest BCUT2D eigenvalue weighted by molar-refractivity contribution is 9.10. The highest BCUT2D eigenvalue weighted by Gasteiger charge is 2.73. The Kier molecular flexibility index (Phi) is 6.90. The number of aromatic nitrogens is 6. The van der Waals surface area contributed by atoms with Gasteiger partial charge in [-0.1, -0.05) is 6.07 Å². The number of Topliss-reactive ketones (excluding diaryl/α,β-unsaturated/α-hetero) is 1. The van der Waals surface area contributed by atoms with Gasteiger partial charge in [-0.05, 0) is 60.8 Å². The van der Waals surface area contributed by atoms with E-state index >= 15 is 0 Å². The maximum absolute atomic E-state index is 14.0. The second kappa shape index (κ2) is 10.2. The Morgan fingerprint density at radius 2 is 1.86 bits per heavy atom. The molecule has 1 saturated heterocycles. The lowest BCUT2D eigenvalue weighted by Crippen LogP contribution is -2.58. The smallest absolute Gasteiger partial charge is 0.278 e. The van der Waals surface area contributed by atoms with Gasteiger partial charge in [0.05, 0.1) is 23.5 Å². The monoisotopic (exact) mass is 648 g/mol. The van der Waals surface area contributed by atoms with Crippen molar-refractivity contribution in [3.8, 4) is 11.3 Å². The maximum Gasteiger partial charge on any atom is 0.278 e. The van der Waals surface area contributed by atoms with E-state index in [2.05, 4.69) is 46.3 Å². The third kappa shape index (κ3) is 4.79. The normalized spacial score (nSPS) is 22.5. The number of aryl methyl sites for hydroxylation is 3. The summed E-state index contributed by atoms with van der Waals surface area (Å²) >= 11 is 3.28. The van der Waals surface area contributed by atoms with Crippen LogP contribution in [0.3, 0.4) is 0 Å². The molecule has 4 aromatic heterocycles. The summed E-state index contributed by atoms with van der Waals surface area (Å²) in [5.41, 5.74) is -0.0134. The first-order chi connectivity index (χ1) is 20.4. The quantitative estimate of drug-likeness (QED) is 0.199. The number of nitrogens with one attached hydrogen (secondary N) is 1. The van der Waals surface area contributed by atoms with Crippen LogP contribution in [0.5, 0.6) is 0 Å². The molecule has 0 spiro atoms. The average Bonchev–Trinajstić information content (AvgIpc) is 3.39. The molecular weight excluding hydrogens is 620 g/mol. The summed E-state index contributed by atoms with van der Waals surface area (Å²) in [6.45, 7) is 6.00. The number of likely N-dealkylation sites (tertiary alicyclic amines) is 1. The number of aliphatic hydroxyl groups is 2. The SMILES string of the molecule is CC(=O)c1nn(CC(=O)N2[C@@H]3C[C@]3(CO)C[C@@]2(O)C(=O)Nc2nc(Br)ccc2C)c2c(C)nc(-c3cnc(C)nc3)cc12. The van der Waals surface area contributed by atoms with Crippen LogP contribution in [-0.4, -0.2) is 80.8 Å². The number of carbonyl (C=O) groups is 3. The van der Waals surface area contributed by atoms with Crippen LogP contribution in [0.25, 0.3) is 22.2 Å². The largest absolute Gasteiger partial charge is 0.396 e. The fourth-order valence-corrected chi connectivity index (χ4v) is 6.31. The van der Waals surface area contributed by atoms with Gasteiger partial charge in [0.15, 0.2) is 5.78 Å². The maximum atomic E-state index is 14.0. The van der Waals surface area contributed by atoms with Crippen LogP contribution >= 0.6 is 15.9 Å². The summed E-state index contributed by atoms with van der Waals surface area (Å²) in [4.78, 5) is 58.7. The third-order valence-corrected chi connectivity index (χ3v) is 8.74. The van der Waals surface area contributed by atoms with Gasteiger partial charge in [0.2, 0.25) is 11.6 Å². The Balaban J connectivity index is 1.36. The van der Waals surface area contributed by atoms with Gasteiger partial charge in [0.1, 0.15) is 28.5 Å². The molecule has 6 rings (SSSR count). The molecule has 0 unspecified atom stereocenters. The molecule has 2 amide bonds. The third-order valence-electron chi connectivity index (χ3n) is 8.29. The molecule has 0 bridgehead atoms. The topological polar surface area (TPSA) is 176 Å². The molecular formula is C29H29BrN8O5. The van der Waals surface area contributed by atoms with Crippen molar-refractivity contribution in [3.05, 3.63) is 58.0 Å². The van der Waals surface area contributed by atoms with E-state index in [1.165, 1.54) is 11.6 Å². The summed E-state index contributed by atoms with van der Waals surface area (Å²) < 4.78 is 1.87. The first-order valence-electron chi connectivity index (χ1n) is 13.6. The molecule has 2 fully saturated rings. The summed E-state index contributed by atoms with van der Waals surface area (Å²) in [6, 6.07) is 4.65. The van der Waals surface area contributed by atoms with Crippen molar-refractivity contribution in [2.24, 2.45) is 5.41 Å². The molecule has 3 atom stereocenters. The van der Waals surface area contributed by atoms with Gasteiger partial charge in [-0.25, -0.2) is 15.0 Å². The molecule has 1 aliphatic heterocycles. The van der Waals surface area contributed by atoms with E-state index in [1.54, 1.807) is 51.4 Å². The molecule has 14 heteroatoms. The predicted molar refractivity (Wildman–Crippen MR) is 158 cm³/mol.